The number of aromatic nitrogens is 5. The van der Waals surface area contributed by atoms with Gasteiger partial charge in [0.1, 0.15) is 11.8 Å². The van der Waals surface area contributed by atoms with Gasteiger partial charge in [0.05, 0.1) is 35.8 Å². The number of nitrogens with one attached hydrogen (secondary N) is 2. The molecule has 1 aliphatic rings. The number of fused-ring (bicyclic) bond motifs is 1. The predicted octanol–water partition coefficient (Wildman–Crippen LogP) is 3.67. The fraction of sp³-hybridized carbons (Fsp3) is 0.125. The van der Waals surface area contributed by atoms with E-state index in [2.05, 4.69) is 20.6 Å². The van der Waals surface area contributed by atoms with Gasteiger partial charge in [0.2, 0.25) is 5.95 Å². The van der Waals surface area contributed by atoms with Gasteiger partial charge in [-0.25, -0.2) is 4.68 Å². The largest absolute Gasteiger partial charge is 0.496 e. The van der Waals surface area contributed by atoms with Crippen LogP contribution in [0.4, 0.5) is 11.6 Å². The summed E-state index contributed by atoms with van der Waals surface area (Å²) in [6.45, 7) is 1.84. The Hall–Kier alpha value is -4.53. The molecule has 9 heteroatoms. The summed E-state index contributed by atoms with van der Waals surface area (Å²) in [5, 5.41) is 10.9. The minimum absolute atomic E-state index is 0.274. The second-order valence-electron chi connectivity index (χ2n) is 7.42. The molecule has 4 heterocycles. The maximum absolute atomic E-state index is 13.4. The predicted molar refractivity (Wildman–Crippen MR) is 124 cm³/mol. The van der Waals surface area contributed by atoms with E-state index in [0.717, 1.165) is 5.56 Å². The molecule has 0 aliphatic carbocycles. The van der Waals surface area contributed by atoms with Crippen molar-refractivity contribution in [3.63, 3.8) is 0 Å². The molecule has 0 fully saturated rings. The number of pyridine rings is 2. The molecule has 3 aromatic heterocycles. The number of rotatable bonds is 5. The number of amides is 1. The van der Waals surface area contributed by atoms with Crippen LogP contribution in [-0.4, -0.2) is 37.7 Å². The first-order chi connectivity index (χ1) is 16.2. The van der Waals surface area contributed by atoms with E-state index in [-0.39, 0.29) is 5.91 Å². The van der Waals surface area contributed by atoms with Crippen LogP contribution in [0.1, 0.15) is 18.7 Å². The molecule has 5 rings (SSSR count). The number of hydrogen-bond donors (Lipinski definition) is 2. The minimum Gasteiger partial charge on any atom is -0.496 e. The van der Waals surface area contributed by atoms with E-state index < -0.39 is 6.04 Å². The third-order valence-electron chi connectivity index (χ3n) is 5.33. The van der Waals surface area contributed by atoms with E-state index in [0.29, 0.717) is 40.2 Å². The summed E-state index contributed by atoms with van der Waals surface area (Å²) in [5.41, 5.74) is 3.18. The van der Waals surface area contributed by atoms with Crippen LogP contribution in [0, 0.1) is 0 Å². The molecule has 1 aromatic carbocycles. The van der Waals surface area contributed by atoms with Crippen molar-refractivity contribution in [3.05, 3.63) is 90.2 Å². The number of hydrogen-bond acceptors (Lipinski definition) is 7. The van der Waals surface area contributed by atoms with Gasteiger partial charge in [-0.1, -0.05) is 18.2 Å². The zero-order valence-electron chi connectivity index (χ0n) is 18.1. The molecule has 9 nitrogen and oxygen atoms in total. The number of para-hydroxylation sites is 1. The zero-order chi connectivity index (χ0) is 22.8. The normalized spacial score (nSPS) is 14.9. The van der Waals surface area contributed by atoms with Crippen LogP contribution in [-0.2, 0) is 4.79 Å². The number of carbonyl (C=O) groups excluding carboxylic acids is 1. The lowest BCUT2D eigenvalue weighted by molar-refractivity contribution is -0.113. The fourth-order valence-electron chi connectivity index (χ4n) is 3.83. The number of anilines is 2. The monoisotopic (exact) mass is 439 g/mol. The highest BCUT2D eigenvalue weighted by Gasteiger charge is 2.35. The first-order valence-corrected chi connectivity index (χ1v) is 10.4. The van der Waals surface area contributed by atoms with E-state index in [1.807, 2.05) is 49.4 Å². The van der Waals surface area contributed by atoms with Crippen LogP contribution in [0.25, 0.3) is 11.4 Å². The van der Waals surface area contributed by atoms with Gasteiger partial charge in [0.15, 0.2) is 5.82 Å². The quantitative estimate of drug-likeness (QED) is 0.489. The Bertz CT molecular complexity index is 1330. The molecule has 1 unspecified atom stereocenters. The summed E-state index contributed by atoms with van der Waals surface area (Å²) in [6.07, 6.45) is 4.95. The van der Waals surface area contributed by atoms with Crippen molar-refractivity contribution in [2.24, 2.45) is 0 Å². The number of nitrogens with zero attached hydrogens (tertiary/aromatic N) is 5. The molecule has 0 radical (unpaired) electrons. The van der Waals surface area contributed by atoms with Crippen molar-refractivity contribution >= 4 is 17.5 Å². The summed E-state index contributed by atoms with van der Waals surface area (Å²) in [6, 6.07) is 16.1. The van der Waals surface area contributed by atoms with Crippen LogP contribution >= 0.6 is 0 Å². The number of carbonyl (C=O) groups is 1. The maximum atomic E-state index is 13.4. The first kappa shape index (κ1) is 20.4. The highest BCUT2D eigenvalue weighted by molar-refractivity contribution is 6.05. The van der Waals surface area contributed by atoms with Crippen LogP contribution in [0.3, 0.4) is 0 Å². The van der Waals surface area contributed by atoms with Gasteiger partial charge in [-0.2, -0.15) is 4.98 Å². The third kappa shape index (κ3) is 3.80. The highest BCUT2D eigenvalue weighted by atomic mass is 16.5. The lowest BCUT2D eigenvalue weighted by atomic mass is 9.98. The van der Waals surface area contributed by atoms with Crippen molar-refractivity contribution < 1.29 is 9.53 Å². The first-order valence-electron chi connectivity index (χ1n) is 10.4. The van der Waals surface area contributed by atoms with Crippen LogP contribution in [0.15, 0.2) is 84.5 Å². The molecular formula is C24H21N7O2. The maximum Gasteiger partial charge on any atom is 0.255 e. The molecule has 0 saturated carbocycles. The van der Waals surface area contributed by atoms with Gasteiger partial charge in [-0.3, -0.25) is 14.8 Å². The van der Waals surface area contributed by atoms with Gasteiger partial charge >= 0.3 is 0 Å². The van der Waals surface area contributed by atoms with E-state index >= 15 is 0 Å². The van der Waals surface area contributed by atoms with Crippen LogP contribution < -0.4 is 15.4 Å². The molecule has 0 saturated heterocycles. The van der Waals surface area contributed by atoms with Crippen molar-refractivity contribution in [1.29, 1.82) is 0 Å². The molecule has 1 atom stereocenters. The van der Waals surface area contributed by atoms with Gasteiger partial charge in [-0.15, -0.1) is 5.10 Å². The lowest BCUT2D eigenvalue weighted by Crippen LogP contribution is -2.32. The number of methoxy groups -OCH3 is 1. The minimum atomic E-state index is -0.574. The van der Waals surface area contributed by atoms with E-state index in [9.17, 15) is 4.79 Å². The van der Waals surface area contributed by atoms with E-state index in [4.69, 9.17) is 14.8 Å². The van der Waals surface area contributed by atoms with Gasteiger partial charge in [0.25, 0.3) is 5.91 Å². The molecule has 2 N–H and O–H groups in total. The summed E-state index contributed by atoms with van der Waals surface area (Å²) in [4.78, 5) is 26.7. The van der Waals surface area contributed by atoms with E-state index in [1.54, 1.807) is 42.5 Å². The van der Waals surface area contributed by atoms with Gasteiger partial charge in [0, 0.05) is 18.1 Å². The molecule has 164 valence electrons. The molecule has 0 bridgehead atoms. The van der Waals surface area contributed by atoms with Crippen molar-refractivity contribution in [3.8, 4) is 17.1 Å². The standard InChI is InChI=1S/C24H21N7O2/c1-15-20(23(32)28-16-8-7-12-25-14-16)21(18-10-5-6-13-26-18)31-24(27-15)29-22(30-31)17-9-3-4-11-19(17)33-2/h3-14,21H,1-2H3,(H,28,32)(H,27,29,30). The lowest BCUT2D eigenvalue weighted by Gasteiger charge is -2.27. The third-order valence-corrected chi connectivity index (χ3v) is 5.33. The molecule has 1 aliphatic heterocycles. The second kappa shape index (κ2) is 8.54. The SMILES string of the molecule is COc1ccccc1-c1nc2n(n1)C(c1ccccn1)C(C(=O)Nc1cccnc1)=C(C)N2. The number of allylic oxidation sites excluding steroid dienone is 1. The number of ether oxygens (including phenoxy) is 1. The highest BCUT2D eigenvalue weighted by Crippen LogP contribution is 2.37. The van der Waals surface area contributed by atoms with Gasteiger partial charge < -0.3 is 15.4 Å². The molecule has 0 spiro atoms. The van der Waals surface area contributed by atoms with Crippen molar-refractivity contribution in [2.45, 2.75) is 13.0 Å². The summed E-state index contributed by atoms with van der Waals surface area (Å²) < 4.78 is 7.18. The Kier molecular flexibility index (Phi) is 5.27. The number of benzene rings is 1. The van der Waals surface area contributed by atoms with Crippen molar-refractivity contribution in [2.75, 3.05) is 17.7 Å². The summed E-state index contributed by atoms with van der Waals surface area (Å²) in [7, 11) is 1.61. The molecule has 1 amide bonds. The molecular weight excluding hydrogens is 418 g/mol. The Labute approximate surface area is 190 Å². The Balaban J connectivity index is 1.61. The second-order valence-corrected chi connectivity index (χ2v) is 7.42. The molecule has 4 aromatic rings. The van der Waals surface area contributed by atoms with Crippen LogP contribution in [0.5, 0.6) is 5.75 Å². The fourth-order valence-corrected chi connectivity index (χ4v) is 3.83. The average Bonchev–Trinajstić information content (AvgIpc) is 3.27. The Morgan fingerprint density at radius 2 is 1.94 bits per heavy atom. The smallest absolute Gasteiger partial charge is 0.255 e. The van der Waals surface area contributed by atoms with E-state index in [1.165, 1.54) is 0 Å². The average molecular weight is 439 g/mol. The summed E-state index contributed by atoms with van der Waals surface area (Å²) in [5.74, 6) is 1.39. The zero-order valence-corrected chi connectivity index (χ0v) is 18.1. The Morgan fingerprint density at radius 1 is 1.09 bits per heavy atom. The van der Waals surface area contributed by atoms with Crippen molar-refractivity contribution in [1.82, 2.24) is 24.7 Å². The topological polar surface area (TPSA) is 107 Å². The molecule has 33 heavy (non-hydrogen) atoms. The summed E-state index contributed by atoms with van der Waals surface area (Å²) >= 11 is 0. The van der Waals surface area contributed by atoms with Gasteiger partial charge in [-0.05, 0) is 43.3 Å². The Morgan fingerprint density at radius 3 is 2.70 bits per heavy atom. The van der Waals surface area contributed by atoms with Crippen LogP contribution in [0.2, 0.25) is 0 Å².